The Morgan fingerprint density at radius 2 is 1.81 bits per heavy atom. The highest BCUT2D eigenvalue weighted by Crippen LogP contribution is 2.12. The Balaban J connectivity index is 1.79. The number of hydrogen-bond acceptors (Lipinski definition) is 3. The van der Waals surface area contributed by atoms with Crippen LogP contribution in [0.2, 0.25) is 0 Å². The molecule has 6 nitrogen and oxygen atoms in total. The minimum absolute atomic E-state index is 0.381. The Labute approximate surface area is 122 Å². The quantitative estimate of drug-likeness (QED) is 0.755. The third-order valence-electron chi connectivity index (χ3n) is 2.87. The lowest BCUT2D eigenvalue weighted by Crippen LogP contribution is -2.46. The molecule has 2 aromatic rings. The standard InChI is InChI=1S/C15H17N3O3/c1-10-8-13(11(2)21-10)14(19)17-18-15(20)16-9-12-6-4-3-5-7-12/h3-8H,9H2,1-2H3,(H,17,19)(H2,16,18,20). The summed E-state index contributed by atoms with van der Waals surface area (Å²) in [7, 11) is 0. The number of carbonyl (C=O) groups is 2. The molecule has 1 heterocycles. The maximum Gasteiger partial charge on any atom is 0.333 e. The van der Waals surface area contributed by atoms with Crippen LogP contribution in [0.5, 0.6) is 0 Å². The fourth-order valence-electron chi connectivity index (χ4n) is 1.86. The topological polar surface area (TPSA) is 83.4 Å². The predicted molar refractivity (Wildman–Crippen MR) is 77.5 cm³/mol. The summed E-state index contributed by atoms with van der Waals surface area (Å²) in [6, 6.07) is 10.6. The Bertz CT molecular complexity index is 635. The fourth-order valence-corrected chi connectivity index (χ4v) is 1.86. The Morgan fingerprint density at radius 3 is 2.43 bits per heavy atom. The average Bonchev–Trinajstić information content (AvgIpc) is 2.82. The molecule has 3 amide bonds. The van der Waals surface area contributed by atoms with E-state index in [1.807, 2.05) is 30.3 Å². The molecule has 0 atom stereocenters. The molecule has 0 aliphatic rings. The zero-order chi connectivity index (χ0) is 15.2. The maximum absolute atomic E-state index is 11.8. The number of nitrogens with one attached hydrogen (secondary N) is 3. The van der Waals surface area contributed by atoms with Gasteiger partial charge in [-0.2, -0.15) is 0 Å². The van der Waals surface area contributed by atoms with Crippen LogP contribution in [0.25, 0.3) is 0 Å². The molecule has 110 valence electrons. The molecule has 6 heteroatoms. The highest BCUT2D eigenvalue weighted by molar-refractivity contribution is 5.96. The van der Waals surface area contributed by atoms with Crippen molar-refractivity contribution in [2.24, 2.45) is 0 Å². The fraction of sp³-hybridized carbons (Fsp3) is 0.200. The van der Waals surface area contributed by atoms with E-state index in [1.54, 1.807) is 19.9 Å². The number of amides is 3. The molecular formula is C15H17N3O3. The number of aryl methyl sites for hydroxylation is 2. The van der Waals surface area contributed by atoms with Gasteiger partial charge in [-0.15, -0.1) is 0 Å². The highest BCUT2D eigenvalue weighted by Gasteiger charge is 2.13. The van der Waals surface area contributed by atoms with Crippen LogP contribution in [-0.2, 0) is 6.54 Å². The number of carbonyl (C=O) groups excluding carboxylic acids is 2. The second kappa shape index (κ2) is 6.60. The predicted octanol–water partition coefficient (Wildman–Crippen LogP) is 2.04. The molecule has 2 rings (SSSR count). The molecular weight excluding hydrogens is 270 g/mol. The van der Waals surface area contributed by atoms with Crippen molar-refractivity contribution in [2.45, 2.75) is 20.4 Å². The van der Waals surface area contributed by atoms with Gasteiger partial charge in [0.2, 0.25) is 0 Å². The maximum atomic E-state index is 11.8. The van der Waals surface area contributed by atoms with E-state index in [1.165, 1.54) is 0 Å². The second-order valence-corrected chi connectivity index (χ2v) is 4.57. The molecule has 0 unspecified atom stereocenters. The van der Waals surface area contributed by atoms with E-state index >= 15 is 0 Å². The van der Waals surface area contributed by atoms with Gasteiger partial charge in [0.25, 0.3) is 5.91 Å². The van der Waals surface area contributed by atoms with Crippen LogP contribution in [0.3, 0.4) is 0 Å². The third-order valence-corrected chi connectivity index (χ3v) is 2.87. The lowest BCUT2D eigenvalue weighted by Gasteiger charge is -2.08. The molecule has 3 N–H and O–H groups in total. The van der Waals surface area contributed by atoms with Crippen LogP contribution < -0.4 is 16.2 Å². The summed E-state index contributed by atoms with van der Waals surface area (Å²) in [6.45, 7) is 3.83. The summed E-state index contributed by atoms with van der Waals surface area (Å²) in [5.41, 5.74) is 6.00. The van der Waals surface area contributed by atoms with E-state index in [-0.39, 0.29) is 0 Å². The van der Waals surface area contributed by atoms with Gasteiger partial charge in [-0.25, -0.2) is 10.2 Å². The lowest BCUT2D eigenvalue weighted by molar-refractivity contribution is 0.0934. The molecule has 0 saturated carbocycles. The summed E-state index contributed by atoms with van der Waals surface area (Å²) >= 11 is 0. The van der Waals surface area contributed by atoms with Crippen molar-refractivity contribution in [1.29, 1.82) is 0 Å². The van der Waals surface area contributed by atoms with E-state index in [0.717, 1.165) is 5.56 Å². The minimum Gasteiger partial charge on any atom is -0.466 e. The number of hydrogen-bond donors (Lipinski definition) is 3. The first-order valence-corrected chi connectivity index (χ1v) is 6.51. The van der Waals surface area contributed by atoms with Crippen molar-refractivity contribution < 1.29 is 14.0 Å². The van der Waals surface area contributed by atoms with Crippen molar-refractivity contribution in [3.63, 3.8) is 0 Å². The van der Waals surface area contributed by atoms with Gasteiger partial charge in [0.05, 0.1) is 5.56 Å². The average molecular weight is 287 g/mol. The van der Waals surface area contributed by atoms with Gasteiger partial charge in [-0.3, -0.25) is 10.2 Å². The Morgan fingerprint density at radius 1 is 1.10 bits per heavy atom. The molecule has 0 saturated heterocycles. The van der Waals surface area contributed by atoms with Crippen LogP contribution in [0, 0.1) is 13.8 Å². The van der Waals surface area contributed by atoms with Gasteiger partial charge in [0.1, 0.15) is 11.5 Å². The van der Waals surface area contributed by atoms with Gasteiger partial charge in [0, 0.05) is 6.54 Å². The number of rotatable bonds is 3. The molecule has 0 spiro atoms. The second-order valence-electron chi connectivity index (χ2n) is 4.57. The van der Waals surface area contributed by atoms with Crippen molar-refractivity contribution in [1.82, 2.24) is 16.2 Å². The molecule has 0 radical (unpaired) electrons. The summed E-state index contributed by atoms with van der Waals surface area (Å²) in [5.74, 6) is 0.738. The summed E-state index contributed by atoms with van der Waals surface area (Å²) < 4.78 is 5.26. The highest BCUT2D eigenvalue weighted by atomic mass is 16.3. The number of urea groups is 1. The molecule has 0 fully saturated rings. The van der Waals surface area contributed by atoms with E-state index in [9.17, 15) is 9.59 Å². The third kappa shape index (κ3) is 4.10. The molecule has 0 aliphatic carbocycles. The summed E-state index contributed by atoms with van der Waals surface area (Å²) in [6.07, 6.45) is 0. The van der Waals surface area contributed by atoms with Gasteiger partial charge < -0.3 is 9.73 Å². The largest absolute Gasteiger partial charge is 0.466 e. The van der Waals surface area contributed by atoms with E-state index in [4.69, 9.17) is 4.42 Å². The van der Waals surface area contributed by atoms with Gasteiger partial charge in [0.15, 0.2) is 0 Å². The number of hydrazine groups is 1. The SMILES string of the molecule is Cc1cc(C(=O)NNC(=O)NCc2ccccc2)c(C)o1. The van der Waals surface area contributed by atoms with Gasteiger partial charge in [-0.1, -0.05) is 30.3 Å². The van der Waals surface area contributed by atoms with Crippen LogP contribution in [0.4, 0.5) is 4.79 Å². The first-order chi connectivity index (χ1) is 10.1. The number of benzene rings is 1. The van der Waals surface area contributed by atoms with Gasteiger partial charge >= 0.3 is 6.03 Å². The number of furan rings is 1. The van der Waals surface area contributed by atoms with Gasteiger partial charge in [-0.05, 0) is 25.5 Å². The van der Waals surface area contributed by atoms with Crippen LogP contribution in [0.1, 0.15) is 27.4 Å². The Hall–Kier alpha value is -2.76. The van der Waals surface area contributed by atoms with Crippen LogP contribution >= 0.6 is 0 Å². The molecule has 1 aromatic heterocycles. The van der Waals surface area contributed by atoms with Crippen molar-refractivity contribution >= 4 is 11.9 Å². The summed E-state index contributed by atoms with van der Waals surface area (Å²) in [5, 5.41) is 2.64. The zero-order valence-electron chi connectivity index (χ0n) is 11.9. The van der Waals surface area contributed by atoms with Crippen LogP contribution in [-0.4, -0.2) is 11.9 Å². The summed E-state index contributed by atoms with van der Waals surface area (Å²) in [4.78, 5) is 23.4. The molecule has 1 aromatic carbocycles. The van der Waals surface area contributed by atoms with E-state index in [0.29, 0.717) is 23.6 Å². The van der Waals surface area contributed by atoms with Crippen molar-refractivity contribution in [3.05, 3.63) is 59.0 Å². The smallest absolute Gasteiger partial charge is 0.333 e. The van der Waals surface area contributed by atoms with Crippen molar-refractivity contribution in [3.8, 4) is 0 Å². The monoisotopic (exact) mass is 287 g/mol. The minimum atomic E-state index is -0.481. The lowest BCUT2D eigenvalue weighted by atomic mass is 10.2. The van der Waals surface area contributed by atoms with Crippen molar-refractivity contribution in [2.75, 3.05) is 0 Å². The normalized spacial score (nSPS) is 10.0. The first kappa shape index (κ1) is 14.6. The Kier molecular flexibility index (Phi) is 4.61. The first-order valence-electron chi connectivity index (χ1n) is 6.51. The molecule has 0 bridgehead atoms. The zero-order valence-corrected chi connectivity index (χ0v) is 11.9. The van der Waals surface area contributed by atoms with E-state index < -0.39 is 11.9 Å². The van der Waals surface area contributed by atoms with E-state index in [2.05, 4.69) is 16.2 Å². The molecule has 21 heavy (non-hydrogen) atoms. The molecule has 0 aliphatic heterocycles. The van der Waals surface area contributed by atoms with Crippen LogP contribution in [0.15, 0.2) is 40.8 Å².